The number of hydrogen-bond donors (Lipinski definition) is 0. The Kier molecular flexibility index (Phi) is 3.60. The molecule has 0 radical (unpaired) electrons. The monoisotopic (exact) mass is 262 g/mol. The fraction of sp³-hybridized carbons (Fsp3) is 0.300. The molecule has 0 heterocycles. The molecule has 0 aliphatic rings. The first-order valence-corrected chi connectivity index (χ1v) is 6.73. The molecule has 0 aliphatic heterocycles. The van der Waals surface area contributed by atoms with Gasteiger partial charge in [-0.2, -0.15) is 0 Å². The van der Waals surface area contributed by atoms with Crippen LogP contribution in [0.4, 0.5) is 0 Å². The normalized spacial score (nSPS) is 15.2. The Morgan fingerprint density at radius 2 is 1.81 bits per heavy atom. The fourth-order valence-electron chi connectivity index (χ4n) is 1.31. The molecule has 0 bridgehead atoms. The van der Waals surface area contributed by atoms with Crippen molar-refractivity contribution in [3.8, 4) is 0 Å². The molecule has 1 aromatic rings. The van der Waals surface area contributed by atoms with Gasteiger partial charge in [0.05, 0.1) is 7.11 Å². The van der Waals surface area contributed by atoms with Gasteiger partial charge in [-0.05, 0) is 12.5 Å². The minimum atomic E-state index is -4.13. The summed E-state index contributed by atoms with van der Waals surface area (Å²) in [5.41, 5.74) is 0.275. The largest absolute Gasteiger partial charge is 0.468 e. The molecule has 0 amide bonds. The second kappa shape index (κ2) is 4.43. The number of rotatable bonds is 3. The summed E-state index contributed by atoms with van der Waals surface area (Å²) < 4.78 is 25.6. The molecule has 88 valence electrons. The van der Waals surface area contributed by atoms with Gasteiger partial charge in [0.2, 0.25) is 4.75 Å². The summed E-state index contributed by atoms with van der Waals surface area (Å²) in [6.45, 7) is 1.22. The Morgan fingerprint density at radius 1 is 1.31 bits per heavy atom. The van der Waals surface area contributed by atoms with Crippen molar-refractivity contribution in [3.63, 3.8) is 0 Å². The number of benzene rings is 1. The first kappa shape index (κ1) is 13.0. The van der Waals surface area contributed by atoms with E-state index in [4.69, 9.17) is 10.7 Å². The van der Waals surface area contributed by atoms with Crippen molar-refractivity contribution in [2.24, 2.45) is 0 Å². The maximum atomic E-state index is 11.6. The molecule has 0 unspecified atom stereocenters. The zero-order chi connectivity index (χ0) is 12.4. The SMILES string of the molecule is COC(=O)[C@](C)(c1ccccc1)S(=O)(=O)Cl. The maximum absolute atomic E-state index is 11.6. The molecule has 4 nitrogen and oxygen atoms in total. The number of carbonyl (C=O) groups excluding carboxylic acids is 1. The van der Waals surface area contributed by atoms with E-state index in [1.54, 1.807) is 18.2 Å². The minimum Gasteiger partial charge on any atom is -0.468 e. The van der Waals surface area contributed by atoms with Crippen LogP contribution in [0, 0.1) is 0 Å². The summed E-state index contributed by atoms with van der Waals surface area (Å²) >= 11 is 0. The van der Waals surface area contributed by atoms with Gasteiger partial charge in [0, 0.05) is 10.7 Å². The lowest BCUT2D eigenvalue weighted by molar-refractivity contribution is -0.143. The molecule has 0 fully saturated rings. The summed E-state index contributed by atoms with van der Waals surface area (Å²) in [5, 5.41) is 0. The molecule has 1 aromatic carbocycles. The van der Waals surface area contributed by atoms with Crippen LogP contribution >= 0.6 is 10.7 Å². The number of ether oxygens (including phenoxy) is 1. The lowest BCUT2D eigenvalue weighted by Gasteiger charge is -2.23. The predicted octanol–water partition coefficient (Wildman–Crippen LogP) is 1.64. The van der Waals surface area contributed by atoms with Gasteiger partial charge in [-0.25, -0.2) is 13.2 Å². The van der Waals surface area contributed by atoms with Crippen LogP contribution in [0.3, 0.4) is 0 Å². The van der Waals surface area contributed by atoms with Crippen molar-refractivity contribution in [3.05, 3.63) is 35.9 Å². The van der Waals surface area contributed by atoms with E-state index in [1.807, 2.05) is 0 Å². The predicted molar refractivity (Wildman–Crippen MR) is 60.6 cm³/mol. The molecule has 1 rings (SSSR count). The van der Waals surface area contributed by atoms with Crippen LogP contribution < -0.4 is 0 Å². The summed E-state index contributed by atoms with van der Waals surface area (Å²) in [6, 6.07) is 7.98. The average molecular weight is 263 g/mol. The summed E-state index contributed by atoms with van der Waals surface area (Å²) in [5.74, 6) is -0.909. The quantitative estimate of drug-likeness (QED) is 0.614. The Morgan fingerprint density at radius 3 is 2.19 bits per heavy atom. The van der Waals surface area contributed by atoms with Gasteiger partial charge in [-0.3, -0.25) is 0 Å². The van der Waals surface area contributed by atoms with Crippen LogP contribution in [-0.4, -0.2) is 21.5 Å². The van der Waals surface area contributed by atoms with Crippen molar-refractivity contribution in [2.45, 2.75) is 11.7 Å². The topological polar surface area (TPSA) is 60.4 Å². The number of methoxy groups -OCH3 is 1. The van der Waals surface area contributed by atoms with Gasteiger partial charge >= 0.3 is 5.97 Å². The van der Waals surface area contributed by atoms with Gasteiger partial charge in [0.25, 0.3) is 9.05 Å². The molecule has 0 aromatic heterocycles. The number of carbonyl (C=O) groups is 1. The van der Waals surface area contributed by atoms with E-state index in [2.05, 4.69) is 4.74 Å². The highest BCUT2D eigenvalue weighted by molar-refractivity contribution is 8.15. The van der Waals surface area contributed by atoms with E-state index in [0.29, 0.717) is 0 Å². The standard InChI is InChI=1S/C10H11ClO4S/c1-10(9(12)15-2,16(11,13)14)8-6-4-3-5-7-8/h3-7H,1-2H3/t10-/m0/s1. The Labute approximate surface area is 98.6 Å². The van der Waals surface area contributed by atoms with Crippen molar-refractivity contribution >= 4 is 25.7 Å². The van der Waals surface area contributed by atoms with E-state index in [9.17, 15) is 13.2 Å². The highest BCUT2D eigenvalue weighted by Gasteiger charge is 2.48. The molecular formula is C10H11ClO4S. The Hall–Kier alpha value is -1.07. The Balaban J connectivity index is 3.45. The molecule has 0 spiro atoms. The van der Waals surface area contributed by atoms with Crippen LogP contribution in [0.2, 0.25) is 0 Å². The molecule has 16 heavy (non-hydrogen) atoms. The second-order valence-electron chi connectivity index (χ2n) is 3.33. The summed E-state index contributed by atoms with van der Waals surface area (Å²) in [4.78, 5) is 11.6. The molecule has 0 saturated carbocycles. The number of esters is 1. The summed E-state index contributed by atoms with van der Waals surface area (Å²) in [7, 11) is 2.31. The van der Waals surface area contributed by atoms with Gasteiger partial charge in [-0.1, -0.05) is 30.3 Å². The van der Waals surface area contributed by atoms with Crippen molar-refractivity contribution in [1.29, 1.82) is 0 Å². The Bertz CT molecular complexity index is 483. The third kappa shape index (κ3) is 2.05. The van der Waals surface area contributed by atoms with E-state index < -0.39 is 19.8 Å². The third-order valence-corrected chi connectivity index (χ3v) is 4.69. The lowest BCUT2D eigenvalue weighted by Crippen LogP contribution is -2.39. The minimum absolute atomic E-state index is 0.275. The lowest BCUT2D eigenvalue weighted by atomic mass is 10.0. The molecule has 0 saturated heterocycles. The maximum Gasteiger partial charge on any atom is 0.332 e. The smallest absolute Gasteiger partial charge is 0.332 e. The zero-order valence-electron chi connectivity index (χ0n) is 8.81. The number of hydrogen-bond acceptors (Lipinski definition) is 4. The number of halogens is 1. The molecule has 1 atom stereocenters. The van der Waals surface area contributed by atoms with E-state index >= 15 is 0 Å². The second-order valence-corrected chi connectivity index (χ2v) is 6.24. The van der Waals surface area contributed by atoms with Gasteiger partial charge in [-0.15, -0.1) is 0 Å². The first-order chi connectivity index (χ1) is 7.34. The zero-order valence-corrected chi connectivity index (χ0v) is 10.4. The van der Waals surface area contributed by atoms with Crippen LogP contribution in [0.25, 0.3) is 0 Å². The molecule has 6 heteroatoms. The molecule has 0 N–H and O–H groups in total. The fourth-order valence-corrected chi connectivity index (χ4v) is 2.47. The highest BCUT2D eigenvalue weighted by Crippen LogP contribution is 2.34. The van der Waals surface area contributed by atoms with Crippen molar-refractivity contribution in [2.75, 3.05) is 7.11 Å². The van der Waals surface area contributed by atoms with E-state index in [-0.39, 0.29) is 5.56 Å². The third-order valence-electron chi connectivity index (χ3n) is 2.39. The van der Waals surface area contributed by atoms with Gasteiger partial charge in [0.15, 0.2) is 0 Å². The average Bonchev–Trinajstić information content (AvgIpc) is 2.26. The first-order valence-electron chi connectivity index (χ1n) is 4.42. The van der Waals surface area contributed by atoms with E-state index in [0.717, 1.165) is 7.11 Å². The molecular weight excluding hydrogens is 252 g/mol. The van der Waals surface area contributed by atoms with E-state index in [1.165, 1.54) is 19.1 Å². The van der Waals surface area contributed by atoms with Crippen LogP contribution in [0.15, 0.2) is 30.3 Å². The summed E-state index contributed by atoms with van der Waals surface area (Å²) in [6.07, 6.45) is 0. The van der Waals surface area contributed by atoms with Gasteiger partial charge < -0.3 is 4.74 Å². The van der Waals surface area contributed by atoms with Crippen LogP contribution in [-0.2, 0) is 23.3 Å². The highest BCUT2D eigenvalue weighted by atomic mass is 35.7. The van der Waals surface area contributed by atoms with Crippen LogP contribution in [0.1, 0.15) is 12.5 Å². The van der Waals surface area contributed by atoms with Crippen LogP contribution in [0.5, 0.6) is 0 Å². The van der Waals surface area contributed by atoms with Crippen molar-refractivity contribution in [1.82, 2.24) is 0 Å². The molecule has 0 aliphatic carbocycles. The van der Waals surface area contributed by atoms with Crippen molar-refractivity contribution < 1.29 is 17.9 Å². The van der Waals surface area contributed by atoms with Gasteiger partial charge in [0.1, 0.15) is 0 Å².